The van der Waals surface area contributed by atoms with Crippen LogP contribution >= 0.6 is 0 Å². The molecule has 1 aliphatic rings. The Morgan fingerprint density at radius 3 is 2.53 bits per heavy atom. The van der Waals surface area contributed by atoms with Gasteiger partial charge in [-0.1, -0.05) is 0 Å². The number of ketones is 1. The number of Topliss-reactive ketones (excluding diaryl/α,β-unsaturated/α-hetero) is 1. The number of carbonyl (C=O) groups is 2. The zero-order chi connectivity index (χ0) is 23.7. The first-order chi connectivity index (χ1) is 16.5. The van der Waals surface area contributed by atoms with Crippen molar-refractivity contribution >= 4 is 34.2 Å². The van der Waals surface area contributed by atoms with E-state index in [0.717, 1.165) is 30.3 Å². The highest BCUT2D eigenvalue weighted by Gasteiger charge is 2.27. The molecular weight excluding hydrogens is 430 g/mol. The molecule has 4 aromatic rings. The van der Waals surface area contributed by atoms with Gasteiger partial charge in [0.15, 0.2) is 0 Å². The van der Waals surface area contributed by atoms with Crippen molar-refractivity contribution in [2.24, 2.45) is 7.05 Å². The molecule has 8 nitrogen and oxygen atoms in total. The van der Waals surface area contributed by atoms with Crippen molar-refractivity contribution in [1.29, 1.82) is 0 Å². The van der Waals surface area contributed by atoms with Crippen LogP contribution in [-0.2, 0) is 11.8 Å². The summed E-state index contributed by atoms with van der Waals surface area (Å²) in [5.74, 6) is -0.319. The average Bonchev–Trinajstić information content (AvgIpc) is 3.20. The number of piperidine rings is 1. The number of fused-ring (bicyclic) bond motifs is 1. The number of aromatic nitrogens is 3. The fourth-order valence-corrected chi connectivity index (χ4v) is 4.35. The lowest BCUT2D eigenvalue weighted by Crippen LogP contribution is -2.40. The second-order valence-electron chi connectivity index (χ2n) is 8.50. The summed E-state index contributed by atoms with van der Waals surface area (Å²) in [5, 5.41) is 13.4. The standard InChI is InChI=1S/C26H25N5O3/c1-30-16-21(24(33)25(34)31-13-3-2-4-14-31)20-15-18(7-10-23(20)30)28-26-27-12-11-22(29-26)17-5-8-19(32)9-6-17/h5-12,15-16,32H,2-4,13-14H2,1H3,(H,27,28,29). The molecule has 3 heterocycles. The molecule has 2 aromatic heterocycles. The minimum absolute atomic E-state index is 0.191. The molecule has 1 amide bonds. The molecule has 1 aliphatic heterocycles. The van der Waals surface area contributed by atoms with Gasteiger partial charge in [-0.3, -0.25) is 9.59 Å². The number of hydrogen-bond acceptors (Lipinski definition) is 6. The van der Waals surface area contributed by atoms with Gasteiger partial charge in [0, 0.05) is 54.7 Å². The SMILES string of the molecule is Cn1cc(C(=O)C(=O)N2CCCCC2)c2cc(Nc3nccc(-c4ccc(O)cc4)n3)ccc21. The number of phenolic OH excluding ortho intramolecular Hbond substituents is 1. The van der Waals surface area contributed by atoms with Crippen molar-refractivity contribution in [2.45, 2.75) is 19.3 Å². The monoisotopic (exact) mass is 455 g/mol. The minimum atomic E-state index is -0.477. The van der Waals surface area contributed by atoms with Crippen LogP contribution < -0.4 is 5.32 Å². The van der Waals surface area contributed by atoms with Crippen molar-refractivity contribution in [2.75, 3.05) is 18.4 Å². The highest BCUT2D eigenvalue weighted by atomic mass is 16.3. The summed E-state index contributed by atoms with van der Waals surface area (Å²) in [7, 11) is 1.86. The predicted molar refractivity (Wildman–Crippen MR) is 130 cm³/mol. The maximum Gasteiger partial charge on any atom is 0.295 e. The van der Waals surface area contributed by atoms with E-state index in [1.54, 1.807) is 47.6 Å². The summed E-state index contributed by atoms with van der Waals surface area (Å²) in [6.07, 6.45) is 6.35. The average molecular weight is 456 g/mol. The molecule has 2 N–H and O–H groups in total. The number of benzene rings is 2. The van der Waals surface area contributed by atoms with Crippen LogP contribution in [0.3, 0.4) is 0 Å². The normalized spacial score (nSPS) is 13.7. The highest BCUT2D eigenvalue weighted by Crippen LogP contribution is 2.27. The van der Waals surface area contributed by atoms with E-state index < -0.39 is 11.7 Å². The second kappa shape index (κ2) is 8.97. The van der Waals surface area contributed by atoms with Crippen LogP contribution in [0.4, 0.5) is 11.6 Å². The van der Waals surface area contributed by atoms with Gasteiger partial charge in [0.25, 0.3) is 11.7 Å². The van der Waals surface area contributed by atoms with E-state index in [2.05, 4.69) is 15.3 Å². The van der Waals surface area contributed by atoms with Crippen LogP contribution in [0.25, 0.3) is 22.2 Å². The number of carbonyl (C=O) groups excluding carboxylic acids is 2. The van der Waals surface area contributed by atoms with Crippen LogP contribution in [0.2, 0.25) is 0 Å². The smallest absolute Gasteiger partial charge is 0.295 e. The number of nitrogens with one attached hydrogen (secondary N) is 1. The lowest BCUT2D eigenvalue weighted by atomic mass is 10.1. The van der Waals surface area contributed by atoms with Crippen molar-refractivity contribution in [3.05, 3.63) is 66.5 Å². The Labute approximate surface area is 196 Å². The van der Waals surface area contributed by atoms with E-state index in [1.165, 1.54) is 0 Å². The van der Waals surface area contributed by atoms with Crippen LogP contribution in [0.5, 0.6) is 5.75 Å². The number of likely N-dealkylation sites (tertiary alicyclic amines) is 1. The van der Waals surface area contributed by atoms with Gasteiger partial charge in [-0.05, 0) is 67.8 Å². The van der Waals surface area contributed by atoms with Crippen LogP contribution in [-0.4, -0.2) is 49.3 Å². The lowest BCUT2D eigenvalue weighted by molar-refractivity contribution is -0.127. The summed E-state index contributed by atoms with van der Waals surface area (Å²) in [5.41, 5.74) is 3.53. The quantitative estimate of drug-likeness (QED) is 0.344. The lowest BCUT2D eigenvalue weighted by Gasteiger charge is -2.25. The van der Waals surface area contributed by atoms with Gasteiger partial charge in [0.05, 0.1) is 11.3 Å². The van der Waals surface area contributed by atoms with E-state index in [9.17, 15) is 14.7 Å². The Morgan fingerprint density at radius 2 is 1.76 bits per heavy atom. The fourth-order valence-electron chi connectivity index (χ4n) is 4.35. The third kappa shape index (κ3) is 4.22. The maximum absolute atomic E-state index is 13.1. The van der Waals surface area contributed by atoms with Crippen molar-refractivity contribution in [1.82, 2.24) is 19.4 Å². The number of nitrogens with zero attached hydrogens (tertiary/aromatic N) is 4. The number of rotatable bonds is 5. The molecule has 2 aromatic carbocycles. The van der Waals surface area contributed by atoms with Crippen molar-refractivity contribution < 1.29 is 14.7 Å². The molecule has 5 rings (SSSR count). The molecule has 34 heavy (non-hydrogen) atoms. The zero-order valence-corrected chi connectivity index (χ0v) is 18.9. The molecule has 0 bridgehead atoms. The first kappa shape index (κ1) is 21.6. The molecule has 0 aliphatic carbocycles. The summed E-state index contributed by atoms with van der Waals surface area (Å²) < 4.78 is 1.86. The number of aromatic hydroxyl groups is 1. The van der Waals surface area contributed by atoms with Gasteiger partial charge in [-0.2, -0.15) is 0 Å². The molecular formula is C26H25N5O3. The molecule has 0 atom stereocenters. The van der Waals surface area contributed by atoms with Gasteiger partial charge in [0.1, 0.15) is 5.75 Å². The number of amides is 1. The van der Waals surface area contributed by atoms with Crippen LogP contribution in [0.1, 0.15) is 29.6 Å². The predicted octanol–water partition coefficient (Wildman–Crippen LogP) is 4.28. The van der Waals surface area contributed by atoms with E-state index in [1.807, 2.05) is 29.8 Å². The Morgan fingerprint density at radius 1 is 1.00 bits per heavy atom. The second-order valence-corrected chi connectivity index (χ2v) is 8.50. The summed E-state index contributed by atoms with van der Waals surface area (Å²) in [6, 6.07) is 14.2. The molecule has 0 spiro atoms. The summed E-state index contributed by atoms with van der Waals surface area (Å²) >= 11 is 0. The van der Waals surface area contributed by atoms with Gasteiger partial charge < -0.3 is 19.9 Å². The molecule has 0 saturated carbocycles. The molecule has 1 fully saturated rings. The first-order valence-electron chi connectivity index (χ1n) is 11.3. The molecule has 172 valence electrons. The Balaban J connectivity index is 1.43. The fraction of sp³-hybridized carbons (Fsp3) is 0.231. The number of aryl methyl sites for hydroxylation is 1. The Hall–Kier alpha value is -4.20. The molecule has 1 saturated heterocycles. The third-order valence-electron chi connectivity index (χ3n) is 6.15. The minimum Gasteiger partial charge on any atom is -0.508 e. The topological polar surface area (TPSA) is 100 Å². The summed E-state index contributed by atoms with van der Waals surface area (Å²) in [4.78, 5) is 36.5. The van der Waals surface area contributed by atoms with E-state index in [0.29, 0.717) is 41.4 Å². The van der Waals surface area contributed by atoms with Gasteiger partial charge in [0.2, 0.25) is 5.95 Å². The van der Waals surface area contributed by atoms with Gasteiger partial charge >= 0.3 is 0 Å². The Kier molecular flexibility index (Phi) is 5.71. The van der Waals surface area contributed by atoms with Crippen LogP contribution in [0.15, 0.2) is 60.9 Å². The molecule has 0 unspecified atom stereocenters. The van der Waals surface area contributed by atoms with E-state index >= 15 is 0 Å². The van der Waals surface area contributed by atoms with Crippen LogP contribution in [0, 0.1) is 0 Å². The van der Waals surface area contributed by atoms with E-state index in [-0.39, 0.29) is 5.75 Å². The number of anilines is 2. The third-order valence-corrected chi connectivity index (χ3v) is 6.15. The van der Waals surface area contributed by atoms with Crippen molar-refractivity contribution in [3.8, 4) is 17.0 Å². The largest absolute Gasteiger partial charge is 0.508 e. The number of hydrogen-bond donors (Lipinski definition) is 2. The van der Waals surface area contributed by atoms with Crippen molar-refractivity contribution in [3.63, 3.8) is 0 Å². The zero-order valence-electron chi connectivity index (χ0n) is 18.9. The Bertz CT molecular complexity index is 1370. The van der Waals surface area contributed by atoms with Gasteiger partial charge in [-0.15, -0.1) is 0 Å². The van der Waals surface area contributed by atoms with E-state index in [4.69, 9.17) is 0 Å². The van der Waals surface area contributed by atoms with Gasteiger partial charge in [-0.25, -0.2) is 9.97 Å². The summed E-state index contributed by atoms with van der Waals surface area (Å²) in [6.45, 7) is 1.27. The maximum atomic E-state index is 13.1. The first-order valence-corrected chi connectivity index (χ1v) is 11.3. The number of phenols is 1. The molecule has 0 radical (unpaired) electrons. The highest BCUT2D eigenvalue weighted by molar-refractivity contribution is 6.45. The molecule has 8 heteroatoms.